The molecule has 1 heterocycles. The lowest BCUT2D eigenvalue weighted by Crippen LogP contribution is -2.21. The zero-order valence-corrected chi connectivity index (χ0v) is 8.74. The number of nitriles is 1. The lowest BCUT2D eigenvalue weighted by Gasteiger charge is -2.18. The number of nitrogens with zero attached hydrogens (tertiary/aromatic N) is 2. The molecule has 0 radical (unpaired) electrons. The molecule has 0 unspecified atom stereocenters. The summed E-state index contributed by atoms with van der Waals surface area (Å²) in [4.78, 5) is 2.32. The van der Waals surface area contributed by atoms with E-state index in [-0.39, 0.29) is 0 Å². The number of anilines is 2. The van der Waals surface area contributed by atoms with Gasteiger partial charge in [0.25, 0.3) is 0 Å². The largest absolute Gasteiger partial charge is 0.398 e. The van der Waals surface area contributed by atoms with Crippen LogP contribution in [-0.4, -0.2) is 13.1 Å². The van der Waals surface area contributed by atoms with Crippen molar-refractivity contribution < 1.29 is 0 Å². The molecule has 3 nitrogen and oxygen atoms in total. The first-order valence-corrected chi connectivity index (χ1v) is 5.32. The van der Waals surface area contributed by atoms with Gasteiger partial charge in [-0.05, 0) is 25.0 Å². The fraction of sp³-hybridized carbons (Fsp3) is 0.417. The highest BCUT2D eigenvalue weighted by molar-refractivity contribution is 5.68. The molecule has 2 rings (SSSR count). The van der Waals surface area contributed by atoms with Crippen molar-refractivity contribution in [3.63, 3.8) is 0 Å². The van der Waals surface area contributed by atoms with Gasteiger partial charge in [-0.15, -0.1) is 0 Å². The van der Waals surface area contributed by atoms with Gasteiger partial charge in [0.05, 0.1) is 6.07 Å². The van der Waals surface area contributed by atoms with Crippen LogP contribution in [0.2, 0.25) is 0 Å². The Bertz CT molecular complexity index is 392. The third-order valence-electron chi connectivity index (χ3n) is 2.88. The number of hydrogen-bond donors (Lipinski definition) is 1. The molecule has 1 aromatic carbocycles. The van der Waals surface area contributed by atoms with Gasteiger partial charge >= 0.3 is 0 Å². The Morgan fingerprint density at radius 1 is 1.47 bits per heavy atom. The molecule has 0 spiro atoms. The fourth-order valence-corrected chi connectivity index (χ4v) is 2.11. The smallest absolute Gasteiger partial charge is 0.0622 e. The Labute approximate surface area is 90.1 Å². The van der Waals surface area contributed by atoms with E-state index in [1.807, 2.05) is 12.1 Å². The van der Waals surface area contributed by atoms with Crippen LogP contribution < -0.4 is 10.6 Å². The number of nitrogen functional groups attached to an aromatic ring is 1. The quantitative estimate of drug-likeness (QED) is 0.600. The Morgan fingerprint density at radius 2 is 2.33 bits per heavy atom. The van der Waals surface area contributed by atoms with Crippen molar-refractivity contribution >= 4 is 11.4 Å². The molecule has 1 aromatic rings. The second-order valence-corrected chi connectivity index (χ2v) is 3.84. The first-order valence-electron chi connectivity index (χ1n) is 5.32. The number of fused-ring (bicyclic) bond motifs is 1. The Kier molecular flexibility index (Phi) is 2.77. The fourth-order valence-electron chi connectivity index (χ4n) is 2.11. The first-order chi connectivity index (χ1) is 7.33. The summed E-state index contributed by atoms with van der Waals surface area (Å²) in [7, 11) is 0. The molecular formula is C12H15N3. The normalized spacial score (nSPS) is 13.7. The van der Waals surface area contributed by atoms with Crippen LogP contribution in [0.1, 0.15) is 18.4 Å². The monoisotopic (exact) mass is 201 g/mol. The molecule has 0 bridgehead atoms. The van der Waals surface area contributed by atoms with Gasteiger partial charge in [-0.3, -0.25) is 0 Å². The standard InChI is InChI=1S/C12H15N3/c13-7-1-2-8-15-9-6-10-11(14)4-3-5-12(10)15/h3-5H,1-2,6,8-9,14H2. The maximum Gasteiger partial charge on any atom is 0.0622 e. The van der Waals surface area contributed by atoms with E-state index in [4.69, 9.17) is 11.0 Å². The van der Waals surface area contributed by atoms with E-state index >= 15 is 0 Å². The Morgan fingerprint density at radius 3 is 3.13 bits per heavy atom. The lowest BCUT2D eigenvalue weighted by atomic mass is 10.1. The molecule has 2 N–H and O–H groups in total. The van der Waals surface area contributed by atoms with Crippen molar-refractivity contribution in [1.82, 2.24) is 0 Å². The van der Waals surface area contributed by atoms with Gasteiger partial charge in [0.2, 0.25) is 0 Å². The molecule has 3 heteroatoms. The Balaban J connectivity index is 2.09. The van der Waals surface area contributed by atoms with Crippen molar-refractivity contribution in [2.24, 2.45) is 0 Å². The summed E-state index contributed by atoms with van der Waals surface area (Å²) in [6, 6.07) is 8.24. The van der Waals surface area contributed by atoms with Crippen molar-refractivity contribution in [3.8, 4) is 6.07 Å². The maximum atomic E-state index is 8.49. The highest BCUT2D eigenvalue weighted by Gasteiger charge is 2.19. The summed E-state index contributed by atoms with van der Waals surface area (Å²) in [5, 5.41) is 8.49. The van der Waals surface area contributed by atoms with Gasteiger partial charge in [0, 0.05) is 36.4 Å². The van der Waals surface area contributed by atoms with Crippen LogP contribution in [-0.2, 0) is 6.42 Å². The minimum Gasteiger partial charge on any atom is -0.398 e. The van der Waals surface area contributed by atoms with Crippen molar-refractivity contribution in [1.29, 1.82) is 5.26 Å². The molecule has 15 heavy (non-hydrogen) atoms. The predicted octanol–water partition coefficient (Wildman–Crippen LogP) is 1.94. The van der Waals surface area contributed by atoms with Gasteiger partial charge in [0.15, 0.2) is 0 Å². The second-order valence-electron chi connectivity index (χ2n) is 3.84. The third-order valence-corrected chi connectivity index (χ3v) is 2.88. The molecule has 0 aromatic heterocycles. The van der Waals surface area contributed by atoms with Crippen molar-refractivity contribution in [2.45, 2.75) is 19.3 Å². The van der Waals surface area contributed by atoms with E-state index in [0.717, 1.165) is 31.6 Å². The molecule has 0 aliphatic carbocycles. The first kappa shape index (κ1) is 9.85. The molecule has 1 aliphatic heterocycles. The van der Waals surface area contributed by atoms with Crippen LogP contribution >= 0.6 is 0 Å². The molecule has 78 valence electrons. The summed E-state index contributed by atoms with van der Waals surface area (Å²) in [5.41, 5.74) is 9.34. The molecule has 0 saturated carbocycles. The van der Waals surface area contributed by atoms with Crippen LogP contribution in [0.4, 0.5) is 11.4 Å². The highest BCUT2D eigenvalue weighted by Crippen LogP contribution is 2.31. The topological polar surface area (TPSA) is 53.0 Å². The SMILES string of the molecule is N#CCCCN1CCc2c(N)cccc21. The summed E-state index contributed by atoms with van der Waals surface area (Å²) in [6.45, 7) is 2.00. The predicted molar refractivity (Wildman–Crippen MR) is 61.6 cm³/mol. The number of hydrogen-bond acceptors (Lipinski definition) is 3. The molecule has 0 fully saturated rings. The van der Waals surface area contributed by atoms with E-state index < -0.39 is 0 Å². The minimum atomic E-state index is 0.633. The van der Waals surface area contributed by atoms with Gasteiger partial charge in [-0.1, -0.05) is 6.07 Å². The van der Waals surface area contributed by atoms with E-state index in [1.54, 1.807) is 0 Å². The summed E-state index contributed by atoms with van der Waals surface area (Å²) >= 11 is 0. The second kappa shape index (κ2) is 4.22. The third kappa shape index (κ3) is 1.89. The minimum absolute atomic E-state index is 0.633. The van der Waals surface area contributed by atoms with Crippen LogP contribution in [0.15, 0.2) is 18.2 Å². The van der Waals surface area contributed by atoms with Crippen molar-refractivity contribution in [2.75, 3.05) is 23.7 Å². The average Bonchev–Trinajstić information content (AvgIpc) is 2.64. The van der Waals surface area contributed by atoms with Gasteiger partial charge in [-0.2, -0.15) is 5.26 Å². The highest BCUT2D eigenvalue weighted by atomic mass is 15.1. The zero-order valence-electron chi connectivity index (χ0n) is 8.74. The number of unbranched alkanes of at least 4 members (excludes halogenated alkanes) is 1. The Hall–Kier alpha value is -1.69. The van der Waals surface area contributed by atoms with Gasteiger partial charge < -0.3 is 10.6 Å². The molecule has 0 saturated heterocycles. The molecule has 0 amide bonds. The van der Waals surface area contributed by atoms with E-state index in [1.165, 1.54) is 11.3 Å². The van der Waals surface area contributed by atoms with Gasteiger partial charge in [0.1, 0.15) is 0 Å². The van der Waals surface area contributed by atoms with Gasteiger partial charge in [-0.25, -0.2) is 0 Å². The maximum absolute atomic E-state index is 8.49. The number of nitrogens with two attached hydrogens (primary N) is 1. The summed E-state index contributed by atoms with van der Waals surface area (Å²) < 4.78 is 0. The number of benzene rings is 1. The molecular weight excluding hydrogens is 186 g/mol. The molecule has 1 aliphatic rings. The van der Waals surface area contributed by atoms with Crippen molar-refractivity contribution in [3.05, 3.63) is 23.8 Å². The van der Waals surface area contributed by atoms with E-state index in [0.29, 0.717) is 6.42 Å². The number of rotatable bonds is 3. The average molecular weight is 201 g/mol. The zero-order chi connectivity index (χ0) is 10.7. The van der Waals surface area contributed by atoms with Crippen LogP contribution in [0.5, 0.6) is 0 Å². The summed E-state index contributed by atoms with van der Waals surface area (Å²) in [6.07, 6.45) is 2.60. The van der Waals surface area contributed by atoms with Crippen LogP contribution in [0, 0.1) is 11.3 Å². The lowest BCUT2D eigenvalue weighted by molar-refractivity contribution is 0.766. The molecule has 0 atom stereocenters. The van der Waals surface area contributed by atoms with E-state index in [2.05, 4.69) is 17.0 Å². The summed E-state index contributed by atoms with van der Waals surface area (Å²) in [5.74, 6) is 0. The van der Waals surface area contributed by atoms with Crippen LogP contribution in [0.3, 0.4) is 0 Å². The van der Waals surface area contributed by atoms with E-state index in [9.17, 15) is 0 Å². The van der Waals surface area contributed by atoms with Crippen LogP contribution in [0.25, 0.3) is 0 Å².